The second-order valence-corrected chi connectivity index (χ2v) is 5.64. The van der Waals surface area contributed by atoms with Crippen LogP contribution in [0.25, 0.3) is 0 Å². The summed E-state index contributed by atoms with van der Waals surface area (Å²) in [7, 11) is 0. The van der Waals surface area contributed by atoms with Gasteiger partial charge in [-0.25, -0.2) is 0 Å². The van der Waals surface area contributed by atoms with E-state index < -0.39 is 0 Å². The van der Waals surface area contributed by atoms with Crippen molar-refractivity contribution in [2.24, 2.45) is 5.92 Å². The molecule has 0 amide bonds. The molecule has 0 aromatic heterocycles. The Morgan fingerprint density at radius 1 is 1.31 bits per heavy atom. The van der Waals surface area contributed by atoms with Crippen LogP contribution in [0.4, 0.5) is 11.4 Å². The molecule has 1 atom stereocenters. The zero-order valence-electron chi connectivity index (χ0n) is 9.75. The van der Waals surface area contributed by atoms with Crippen LogP contribution in [0.5, 0.6) is 0 Å². The lowest BCUT2D eigenvalue weighted by molar-refractivity contribution is 0.521. The van der Waals surface area contributed by atoms with E-state index in [0.717, 1.165) is 29.2 Å². The van der Waals surface area contributed by atoms with Gasteiger partial charge in [0.2, 0.25) is 0 Å². The van der Waals surface area contributed by atoms with Gasteiger partial charge in [-0.2, -0.15) is 0 Å². The minimum Gasteiger partial charge on any atom is -0.397 e. The fourth-order valence-corrected chi connectivity index (χ4v) is 2.70. The number of benzene rings is 1. The van der Waals surface area contributed by atoms with Crippen LogP contribution >= 0.6 is 15.9 Å². The molecule has 88 valence electrons. The standard InChI is InChI=1S/C13H19BrN2/c1-10-3-2-7-16(8-6-10)13-5-4-11(14)9-12(13)15/h4-5,9-10H,2-3,6-8,15H2,1H3. The van der Waals surface area contributed by atoms with Gasteiger partial charge < -0.3 is 10.6 Å². The molecule has 1 unspecified atom stereocenters. The van der Waals surface area contributed by atoms with E-state index in [-0.39, 0.29) is 0 Å². The highest BCUT2D eigenvalue weighted by molar-refractivity contribution is 9.10. The zero-order valence-corrected chi connectivity index (χ0v) is 11.3. The number of hydrogen-bond donors (Lipinski definition) is 1. The summed E-state index contributed by atoms with van der Waals surface area (Å²) in [6, 6.07) is 6.18. The van der Waals surface area contributed by atoms with E-state index in [2.05, 4.69) is 39.9 Å². The van der Waals surface area contributed by atoms with Gasteiger partial charge in [0.15, 0.2) is 0 Å². The minimum absolute atomic E-state index is 0.849. The quantitative estimate of drug-likeness (QED) is 0.797. The van der Waals surface area contributed by atoms with Crippen molar-refractivity contribution in [3.63, 3.8) is 0 Å². The fourth-order valence-electron chi connectivity index (χ4n) is 2.32. The van der Waals surface area contributed by atoms with Crippen molar-refractivity contribution in [2.75, 3.05) is 23.7 Å². The molecule has 0 radical (unpaired) electrons. The highest BCUT2D eigenvalue weighted by Crippen LogP contribution is 2.29. The topological polar surface area (TPSA) is 29.3 Å². The summed E-state index contributed by atoms with van der Waals surface area (Å²) >= 11 is 3.45. The molecule has 16 heavy (non-hydrogen) atoms. The van der Waals surface area contributed by atoms with Gasteiger partial charge in [-0.3, -0.25) is 0 Å². The lowest BCUT2D eigenvalue weighted by Gasteiger charge is -2.24. The van der Waals surface area contributed by atoms with Crippen molar-refractivity contribution >= 4 is 27.3 Å². The molecular formula is C13H19BrN2. The molecule has 1 aromatic carbocycles. The number of rotatable bonds is 1. The van der Waals surface area contributed by atoms with E-state index in [1.165, 1.54) is 24.9 Å². The highest BCUT2D eigenvalue weighted by Gasteiger charge is 2.15. The Kier molecular flexibility index (Phi) is 3.74. The molecule has 1 saturated heterocycles. The molecule has 1 fully saturated rings. The first-order valence-electron chi connectivity index (χ1n) is 5.97. The molecule has 1 heterocycles. The van der Waals surface area contributed by atoms with Crippen LogP contribution < -0.4 is 10.6 Å². The van der Waals surface area contributed by atoms with Crippen molar-refractivity contribution in [2.45, 2.75) is 26.2 Å². The number of anilines is 2. The van der Waals surface area contributed by atoms with Crippen molar-refractivity contribution in [1.29, 1.82) is 0 Å². The molecule has 2 rings (SSSR count). The first-order chi connectivity index (χ1) is 7.66. The number of nitrogens with zero attached hydrogens (tertiary/aromatic N) is 1. The van der Waals surface area contributed by atoms with E-state index in [1.807, 2.05) is 6.07 Å². The van der Waals surface area contributed by atoms with Crippen LogP contribution in [-0.2, 0) is 0 Å². The van der Waals surface area contributed by atoms with Crippen molar-refractivity contribution in [3.05, 3.63) is 22.7 Å². The Hall–Kier alpha value is -0.700. The molecular weight excluding hydrogens is 264 g/mol. The lowest BCUT2D eigenvalue weighted by atomic mass is 10.0. The Labute approximate surface area is 106 Å². The molecule has 3 heteroatoms. The van der Waals surface area contributed by atoms with Gasteiger partial charge in [-0.15, -0.1) is 0 Å². The summed E-state index contributed by atoms with van der Waals surface area (Å²) in [6.45, 7) is 4.61. The van der Waals surface area contributed by atoms with Crippen molar-refractivity contribution in [3.8, 4) is 0 Å². The Balaban J connectivity index is 2.16. The zero-order chi connectivity index (χ0) is 11.5. The number of hydrogen-bond acceptors (Lipinski definition) is 2. The molecule has 2 N–H and O–H groups in total. The molecule has 0 saturated carbocycles. The normalized spacial score (nSPS) is 21.9. The maximum Gasteiger partial charge on any atom is 0.0600 e. The number of nitrogen functional groups attached to an aromatic ring is 1. The molecule has 0 bridgehead atoms. The van der Waals surface area contributed by atoms with Gasteiger partial charge in [0.05, 0.1) is 11.4 Å². The molecule has 0 aliphatic carbocycles. The fraction of sp³-hybridized carbons (Fsp3) is 0.538. The van der Waals surface area contributed by atoms with Gasteiger partial charge >= 0.3 is 0 Å². The van der Waals surface area contributed by atoms with Crippen LogP contribution in [0.15, 0.2) is 22.7 Å². The lowest BCUT2D eigenvalue weighted by Crippen LogP contribution is -2.25. The third kappa shape index (κ3) is 2.70. The summed E-state index contributed by atoms with van der Waals surface area (Å²) in [5.41, 5.74) is 8.14. The maximum atomic E-state index is 6.07. The molecule has 0 spiro atoms. The van der Waals surface area contributed by atoms with Crippen LogP contribution in [0.2, 0.25) is 0 Å². The van der Waals surface area contributed by atoms with E-state index in [1.54, 1.807) is 0 Å². The molecule has 1 aromatic rings. The summed E-state index contributed by atoms with van der Waals surface area (Å²) in [4.78, 5) is 2.42. The molecule has 2 nitrogen and oxygen atoms in total. The Morgan fingerprint density at radius 2 is 2.12 bits per heavy atom. The van der Waals surface area contributed by atoms with E-state index in [4.69, 9.17) is 5.73 Å². The monoisotopic (exact) mass is 282 g/mol. The van der Waals surface area contributed by atoms with Gasteiger partial charge in [0.1, 0.15) is 0 Å². The summed E-state index contributed by atoms with van der Waals surface area (Å²) in [6.07, 6.45) is 3.89. The van der Waals surface area contributed by atoms with Crippen molar-refractivity contribution in [1.82, 2.24) is 0 Å². The SMILES string of the molecule is CC1CCCN(c2ccc(Br)cc2N)CC1. The second-order valence-electron chi connectivity index (χ2n) is 4.73. The summed E-state index contributed by atoms with van der Waals surface area (Å²) in [5.74, 6) is 0.849. The maximum absolute atomic E-state index is 6.07. The second kappa shape index (κ2) is 5.09. The van der Waals surface area contributed by atoms with E-state index in [9.17, 15) is 0 Å². The number of nitrogens with two attached hydrogens (primary N) is 1. The minimum atomic E-state index is 0.849. The average Bonchev–Trinajstić information content (AvgIpc) is 2.43. The van der Waals surface area contributed by atoms with E-state index >= 15 is 0 Å². The largest absolute Gasteiger partial charge is 0.397 e. The molecule has 1 aliphatic heterocycles. The molecule has 1 aliphatic rings. The predicted octanol–water partition coefficient (Wildman–Crippen LogP) is 3.66. The van der Waals surface area contributed by atoms with Crippen LogP contribution in [0.1, 0.15) is 26.2 Å². The Morgan fingerprint density at radius 3 is 2.88 bits per heavy atom. The first-order valence-corrected chi connectivity index (χ1v) is 6.76. The van der Waals surface area contributed by atoms with Crippen molar-refractivity contribution < 1.29 is 0 Å². The average molecular weight is 283 g/mol. The van der Waals surface area contributed by atoms with Crippen LogP contribution in [0.3, 0.4) is 0 Å². The third-order valence-electron chi connectivity index (χ3n) is 3.35. The van der Waals surface area contributed by atoms with Gasteiger partial charge in [-0.1, -0.05) is 22.9 Å². The third-order valence-corrected chi connectivity index (χ3v) is 3.84. The van der Waals surface area contributed by atoms with Crippen LogP contribution in [0, 0.1) is 5.92 Å². The van der Waals surface area contributed by atoms with Crippen LogP contribution in [-0.4, -0.2) is 13.1 Å². The van der Waals surface area contributed by atoms with Gasteiger partial charge in [0.25, 0.3) is 0 Å². The summed E-state index contributed by atoms with van der Waals surface area (Å²) < 4.78 is 1.05. The highest BCUT2D eigenvalue weighted by atomic mass is 79.9. The van der Waals surface area contributed by atoms with Gasteiger partial charge in [0, 0.05) is 17.6 Å². The Bertz CT molecular complexity index is 365. The summed E-state index contributed by atoms with van der Waals surface area (Å²) in [5, 5.41) is 0. The van der Waals surface area contributed by atoms with Gasteiger partial charge in [-0.05, 0) is 43.4 Å². The first kappa shape index (κ1) is 11.8. The smallest absolute Gasteiger partial charge is 0.0600 e. The van der Waals surface area contributed by atoms with E-state index in [0.29, 0.717) is 0 Å². The predicted molar refractivity (Wildman–Crippen MR) is 73.8 cm³/mol. The number of halogens is 1.